The molecule has 17 heavy (non-hydrogen) atoms. The van der Waals surface area contributed by atoms with Crippen molar-refractivity contribution in [1.29, 1.82) is 0 Å². The summed E-state index contributed by atoms with van der Waals surface area (Å²) in [5.41, 5.74) is 0.722. The molecule has 0 radical (unpaired) electrons. The van der Waals surface area contributed by atoms with Gasteiger partial charge in [-0.1, -0.05) is 15.9 Å². The molecule has 7 heteroatoms. The van der Waals surface area contributed by atoms with Crippen LogP contribution < -0.4 is 10.1 Å². The normalized spacial score (nSPS) is 15.2. The van der Waals surface area contributed by atoms with Gasteiger partial charge in [-0.15, -0.1) is 13.2 Å². The molecule has 1 aliphatic rings. The van der Waals surface area contributed by atoms with E-state index in [-0.39, 0.29) is 18.0 Å². The number of halogens is 4. The summed E-state index contributed by atoms with van der Waals surface area (Å²) in [7, 11) is 0. The number of nitrogens with one attached hydrogen (secondary N) is 1. The van der Waals surface area contributed by atoms with Crippen LogP contribution in [-0.4, -0.2) is 12.3 Å². The lowest BCUT2D eigenvalue weighted by molar-refractivity contribution is -0.274. The van der Waals surface area contributed by atoms with Crippen LogP contribution in [0.2, 0.25) is 0 Å². The summed E-state index contributed by atoms with van der Waals surface area (Å²) in [4.78, 5) is 11.2. The van der Waals surface area contributed by atoms with Gasteiger partial charge < -0.3 is 10.1 Å². The van der Waals surface area contributed by atoms with Crippen LogP contribution >= 0.6 is 15.9 Å². The molecule has 0 saturated heterocycles. The van der Waals surface area contributed by atoms with Crippen LogP contribution in [0.3, 0.4) is 0 Å². The Hall–Kier alpha value is -1.24. The van der Waals surface area contributed by atoms with E-state index in [1.165, 1.54) is 6.07 Å². The average molecular weight is 310 g/mol. The van der Waals surface area contributed by atoms with Crippen LogP contribution in [0.5, 0.6) is 5.75 Å². The van der Waals surface area contributed by atoms with Crippen molar-refractivity contribution in [3.63, 3.8) is 0 Å². The number of carbonyl (C=O) groups excluding carboxylic acids is 1. The van der Waals surface area contributed by atoms with Crippen molar-refractivity contribution in [3.8, 4) is 5.75 Å². The molecule has 1 aromatic carbocycles. The quantitative estimate of drug-likeness (QED) is 0.865. The number of rotatable bonds is 1. The Morgan fingerprint density at radius 1 is 1.29 bits per heavy atom. The second-order valence-corrected chi connectivity index (χ2v) is 4.45. The van der Waals surface area contributed by atoms with Gasteiger partial charge in [-0.25, -0.2) is 0 Å². The SMILES string of the molecule is O=C1CCc2cc(Br)cc(OC(F)(F)F)c2N1. The minimum absolute atomic E-state index is 0.0989. The molecule has 1 aliphatic heterocycles. The number of carbonyl (C=O) groups is 1. The van der Waals surface area contributed by atoms with E-state index >= 15 is 0 Å². The number of fused-ring (bicyclic) bond motifs is 1. The van der Waals surface area contributed by atoms with Gasteiger partial charge in [0, 0.05) is 10.9 Å². The smallest absolute Gasteiger partial charge is 0.404 e. The molecule has 0 bridgehead atoms. The first-order chi connectivity index (χ1) is 7.85. The zero-order valence-corrected chi connectivity index (χ0v) is 9.98. The molecule has 1 heterocycles. The number of hydrogen-bond donors (Lipinski definition) is 1. The first kappa shape index (κ1) is 12.2. The molecule has 92 valence electrons. The van der Waals surface area contributed by atoms with E-state index in [0.717, 1.165) is 0 Å². The molecule has 0 aromatic heterocycles. The second-order valence-electron chi connectivity index (χ2n) is 3.53. The van der Waals surface area contributed by atoms with E-state index in [1.807, 2.05) is 0 Å². The highest BCUT2D eigenvalue weighted by molar-refractivity contribution is 9.10. The third-order valence-electron chi connectivity index (χ3n) is 2.26. The Bertz CT molecular complexity index is 473. The van der Waals surface area contributed by atoms with Gasteiger partial charge in [0.05, 0.1) is 5.69 Å². The highest BCUT2D eigenvalue weighted by atomic mass is 79.9. The van der Waals surface area contributed by atoms with Crippen LogP contribution in [-0.2, 0) is 11.2 Å². The number of alkyl halides is 3. The largest absolute Gasteiger partial charge is 0.573 e. The molecule has 0 fully saturated rings. The van der Waals surface area contributed by atoms with Gasteiger partial charge in [0.15, 0.2) is 5.75 Å². The molecule has 0 saturated carbocycles. The van der Waals surface area contributed by atoms with Crippen LogP contribution in [0.25, 0.3) is 0 Å². The van der Waals surface area contributed by atoms with Crippen LogP contribution in [0.15, 0.2) is 16.6 Å². The van der Waals surface area contributed by atoms with Crippen LogP contribution in [0.4, 0.5) is 18.9 Å². The van der Waals surface area contributed by atoms with Gasteiger partial charge >= 0.3 is 6.36 Å². The average Bonchev–Trinajstić information content (AvgIpc) is 2.16. The van der Waals surface area contributed by atoms with Gasteiger partial charge in [0.25, 0.3) is 0 Å². The molecule has 1 N–H and O–H groups in total. The lowest BCUT2D eigenvalue weighted by atomic mass is 10.0. The standard InChI is InChI=1S/C10H7BrF3NO2/c11-6-3-5-1-2-8(16)15-9(5)7(4-6)17-10(12,13)14/h3-4H,1-2H2,(H,15,16). The maximum absolute atomic E-state index is 12.2. The number of amides is 1. The number of aryl methyl sites for hydroxylation is 1. The fourth-order valence-corrected chi connectivity index (χ4v) is 2.11. The van der Waals surface area contributed by atoms with Gasteiger partial charge in [-0.2, -0.15) is 0 Å². The van der Waals surface area contributed by atoms with Crippen LogP contribution in [0, 0.1) is 0 Å². The topological polar surface area (TPSA) is 38.3 Å². The molecule has 1 amide bonds. The zero-order chi connectivity index (χ0) is 12.6. The van der Waals surface area contributed by atoms with Gasteiger partial charge in [-0.05, 0) is 24.1 Å². The van der Waals surface area contributed by atoms with E-state index < -0.39 is 12.1 Å². The molecule has 2 rings (SSSR count). The highest BCUT2D eigenvalue weighted by Crippen LogP contribution is 2.38. The van der Waals surface area contributed by atoms with Crippen molar-refractivity contribution >= 4 is 27.5 Å². The van der Waals surface area contributed by atoms with Crippen molar-refractivity contribution in [2.24, 2.45) is 0 Å². The van der Waals surface area contributed by atoms with E-state index in [1.54, 1.807) is 6.07 Å². The summed E-state index contributed by atoms with van der Waals surface area (Å²) in [6.45, 7) is 0. The van der Waals surface area contributed by atoms with E-state index in [9.17, 15) is 18.0 Å². The van der Waals surface area contributed by atoms with Gasteiger partial charge in [-0.3, -0.25) is 4.79 Å². The fourth-order valence-electron chi connectivity index (χ4n) is 1.63. The zero-order valence-electron chi connectivity index (χ0n) is 8.40. The minimum atomic E-state index is -4.78. The predicted molar refractivity (Wildman–Crippen MR) is 57.8 cm³/mol. The summed E-state index contributed by atoms with van der Waals surface area (Å²) in [5.74, 6) is -0.707. The number of ether oxygens (including phenoxy) is 1. The van der Waals surface area contributed by atoms with Crippen LogP contribution in [0.1, 0.15) is 12.0 Å². The van der Waals surface area contributed by atoms with Gasteiger partial charge in [0.1, 0.15) is 0 Å². The first-order valence-corrected chi connectivity index (χ1v) is 5.52. The molecular weight excluding hydrogens is 303 g/mol. The molecule has 3 nitrogen and oxygen atoms in total. The molecule has 0 atom stereocenters. The van der Waals surface area contributed by atoms with Crippen molar-refractivity contribution in [3.05, 3.63) is 22.2 Å². The summed E-state index contributed by atoms with van der Waals surface area (Å²) in [6, 6.07) is 2.84. The number of benzene rings is 1. The Morgan fingerprint density at radius 3 is 2.65 bits per heavy atom. The Morgan fingerprint density at radius 2 is 2.00 bits per heavy atom. The summed E-state index contributed by atoms with van der Waals surface area (Å²) >= 11 is 3.10. The molecule has 0 spiro atoms. The van der Waals surface area contributed by atoms with Crippen molar-refractivity contribution in [2.75, 3.05) is 5.32 Å². The molecule has 1 aromatic rings. The van der Waals surface area contributed by atoms with Gasteiger partial charge in [0.2, 0.25) is 5.91 Å². The maximum Gasteiger partial charge on any atom is 0.573 e. The highest BCUT2D eigenvalue weighted by Gasteiger charge is 2.33. The number of hydrogen-bond acceptors (Lipinski definition) is 2. The number of anilines is 1. The summed E-state index contributed by atoms with van der Waals surface area (Å²) in [6.07, 6.45) is -4.12. The Labute approximate surface area is 103 Å². The van der Waals surface area contributed by atoms with Crippen molar-refractivity contribution in [1.82, 2.24) is 0 Å². The molecule has 0 unspecified atom stereocenters. The van der Waals surface area contributed by atoms with Crippen molar-refractivity contribution in [2.45, 2.75) is 19.2 Å². The predicted octanol–water partition coefficient (Wildman–Crippen LogP) is 3.23. The maximum atomic E-state index is 12.2. The Balaban J connectivity index is 2.44. The minimum Gasteiger partial charge on any atom is -0.404 e. The fraction of sp³-hybridized carbons (Fsp3) is 0.300. The van der Waals surface area contributed by atoms with E-state index in [0.29, 0.717) is 16.5 Å². The summed E-state index contributed by atoms with van der Waals surface area (Å²) < 4.78 is 40.9. The third kappa shape index (κ3) is 2.91. The summed E-state index contributed by atoms with van der Waals surface area (Å²) in [5, 5.41) is 2.39. The second kappa shape index (κ2) is 4.21. The lowest BCUT2D eigenvalue weighted by Gasteiger charge is -2.21. The van der Waals surface area contributed by atoms with E-state index in [2.05, 4.69) is 26.0 Å². The Kier molecular flexibility index (Phi) is 3.03. The lowest BCUT2D eigenvalue weighted by Crippen LogP contribution is -2.23. The third-order valence-corrected chi connectivity index (χ3v) is 2.72. The molecule has 0 aliphatic carbocycles. The van der Waals surface area contributed by atoms with Crippen molar-refractivity contribution < 1.29 is 22.7 Å². The van der Waals surface area contributed by atoms with E-state index in [4.69, 9.17) is 0 Å². The molecular formula is C10H7BrF3NO2. The monoisotopic (exact) mass is 309 g/mol. The first-order valence-electron chi connectivity index (χ1n) is 4.73.